The summed E-state index contributed by atoms with van der Waals surface area (Å²) in [5.41, 5.74) is 5.75. The molecule has 2 rings (SSSR count). The molecule has 0 radical (unpaired) electrons. The van der Waals surface area contributed by atoms with Crippen LogP contribution in [-0.2, 0) is 11.3 Å². The molecule has 0 aliphatic rings. The SMILES string of the molecule is Cc1noc(CNc2nc(C(N)C(=O)O)cs2)n1. The van der Waals surface area contributed by atoms with Crippen molar-refractivity contribution in [2.75, 3.05) is 5.32 Å². The summed E-state index contributed by atoms with van der Waals surface area (Å²) in [4.78, 5) is 18.8. The molecule has 1 unspecified atom stereocenters. The molecule has 0 saturated carbocycles. The first-order chi connectivity index (χ1) is 8.56. The van der Waals surface area contributed by atoms with Crippen LogP contribution in [0.4, 0.5) is 5.13 Å². The van der Waals surface area contributed by atoms with Crippen LogP contribution < -0.4 is 11.1 Å². The third kappa shape index (κ3) is 2.81. The van der Waals surface area contributed by atoms with Gasteiger partial charge in [-0.3, -0.25) is 4.79 Å². The Hall–Kier alpha value is -2.00. The molecular formula is C9H11N5O3S. The molecule has 2 heterocycles. The van der Waals surface area contributed by atoms with Gasteiger partial charge in [-0.25, -0.2) is 4.98 Å². The number of nitrogens with two attached hydrogens (primary N) is 1. The summed E-state index contributed by atoms with van der Waals surface area (Å²) in [6.07, 6.45) is 0. The van der Waals surface area contributed by atoms with Crippen molar-refractivity contribution in [1.82, 2.24) is 15.1 Å². The molecule has 0 fully saturated rings. The molecule has 2 aromatic heterocycles. The monoisotopic (exact) mass is 269 g/mol. The van der Waals surface area contributed by atoms with Gasteiger partial charge in [0.25, 0.3) is 0 Å². The van der Waals surface area contributed by atoms with E-state index >= 15 is 0 Å². The number of carboxylic acids is 1. The second kappa shape index (κ2) is 5.10. The molecule has 0 amide bonds. The molecule has 18 heavy (non-hydrogen) atoms. The van der Waals surface area contributed by atoms with Crippen LogP contribution in [0.3, 0.4) is 0 Å². The summed E-state index contributed by atoms with van der Waals surface area (Å²) < 4.78 is 4.91. The van der Waals surface area contributed by atoms with Crippen molar-refractivity contribution in [3.63, 3.8) is 0 Å². The van der Waals surface area contributed by atoms with Gasteiger partial charge in [0.1, 0.15) is 6.04 Å². The summed E-state index contributed by atoms with van der Waals surface area (Å²) in [7, 11) is 0. The number of carboxylic acid groups (broad SMARTS) is 1. The average molecular weight is 269 g/mol. The van der Waals surface area contributed by atoms with Gasteiger partial charge in [0, 0.05) is 5.38 Å². The highest BCUT2D eigenvalue weighted by Crippen LogP contribution is 2.20. The Kier molecular flexibility index (Phi) is 3.53. The summed E-state index contributed by atoms with van der Waals surface area (Å²) in [6.45, 7) is 2.05. The lowest BCUT2D eigenvalue weighted by atomic mass is 10.2. The van der Waals surface area contributed by atoms with Gasteiger partial charge in [0.15, 0.2) is 11.0 Å². The Morgan fingerprint density at radius 2 is 2.44 bits per heavy atom. The number of thiazole rings is 1. The predicted octanol–water partition coefficient (Wildman–Crippen LogP) is 0.531. The van der Waals surface area contributed by atoms with Crippen LogP contribution in [0.1, 0.15) is 23.5 Å². The molecule has 4 N–H and O–H groups in total. The molecule has 0 aliphatic heterocycles. The van der Waals surface area contributed by atoms with Gasteiger partial charge in [-0.1, -0.05) is 5.16 Å². The minimum atomic E-state index is -1.11. The van der Waals surface area contributed by atoms with Crippen molar-refractivity contribution in [2.45, 2.75) is 19.5 Å². The third-order valence-corrected chi connectivity index (χ3v) is 2.89. The smallest absolute Gasteiger partial charge is 0.326 e. The van der Waals surface area contributed by atoms with Crippen LogP contribution in [-0.4, -0.2) is 26.2 Å². The Balaban J connectivity index is 1.96. The highest BCUT2D eigenvalue weighted by Gasteiger charge is 2.17. The van der Waals surface area contributed by atoms with Gasteiger partial charge in [-0.15, -0.1) is 11.3 Å². The number of hydrogen-bond acceptors (Lipinski definition) is 8. The minimum Gasteiger partial charge on any atom is -0.480 e. The van der Waals surface area contributed by atoms with Crippen molar-refractivity contribution >= 4 is 22.4 Å². The van der Waals surface area contributed by atoms with E-state index in [0.717, 1.165) is 0 Å². The zero-order valence-electron chi connectivity index (χ0n) is 9.45. The molecule has 1 atom stereocenters. The van der Waals surface area contributed by atoms with Gasteiger partial charge in [0.05, 0.1) is 12.2 Å². The Morgan fingerprint density at radius 1 is 1.67 bits per heavy atom. The number of rotatable bonds is 5. The van der Waals surface area contributed by atoms with Gasteiger partial charge >= 0.3 is 5.97 Å². The highest BCUT2D eigenvalue weighted by molar-refractivity contribution is 7.13. The van der Waals surface area contributed by atoms with E-state index in [2.05, 4.69) is 20.4 Å². The number of aliphatic carboxylic acids is 1. The van der Waals surface area contributed by atoms with Crippen LogP contribution in [0, 0.1) is 6.92 Å². The van der Waals surface area contributed by atoms with Crippen molar-refractivity contribution in [1.29, 1.82) is 0 Å². The highest BCUT2D eigenvalue weighted by atomic mass is 32.1. The van der Waals surface area contributed by atoms with Gasteiger partial charge in [-0.2, -0.15) is 4.98 Å². The molecule has 0 saturated heterocycles. The van der Waals surface area contributed by atoms with Crippen LogP contribution in [0.15, 0.2) is 9.90 Å². The van der Waals surface area contributed by atoms with E-state index in [1.165, 1.54) is 11.3 Å². The van der Waals surface area contributed by atoms with E-state index in [0.29, 0.717) is 29.1 Å². The fraction of sp³-hybridized carbons (Fsp3) is 0.333. The van der Waals surface area contributed by atoms with Crippen LogP contribution in [0.2, 0.25) is 0 Å². The normalized spacial score (nSPS) is 12.3. The molecule has 0 bridgehead atoms. The summed E-state index contributed by atoms with van der Waals surface area (Å²) in [5.74, 6) is -0.120. The lowest BCUT2D eigenvalue weighted by molar-refractivity contribution is -0.138. The first-order valence-corrected chi connectivity index (χ1v) is 5.91. The van der Waals surface area contributed by atoms with E-state index in [4.69, 9.17) is 15.4 Å². The number of aromatic nitrogens is 3. The topological polar surface area (TPSA) is 127 Å². The fourth-order valence-electron chi connectivity index (χ4n) is 1.20. The molecule has 9 heteroatoms. The maximum atomic E-state index is 10.7. The van der Waals surface area contributed by atoms with Gasteiger partial charge in [-0.05, 0) is 6.92 Å². The first-order valence-electron chi connectivity index (χ1n) is 5.03. The summed E-state index contributed by atoms with van der Waals surface area (Å²) >= 11 is 1.27. The maximum Gasteiger partial charge on any atom is 0.326 e. The quantitative estimate of drug-likeness (QED) is 0.717. The van der Waals surface area contributed by atoms with Crippen molar-refractivity contribution in [2.24, 2.45) is 5.73 Å². The summed E-state index contributed by atoms with van der Waals surface area (Å²) in [6, 6.07) is -1.11. The third-order valence-electron chi connectivity index (χ3n) is 2.07. The van der Waals surface area contributed by atoms with Crippen molar-refractivity contribution < 1.29 is 14.4 Å². The van der Waals surface area contributed by atoms with Gasteiger partial charge in [0.2, 0.25) is 5.89 Å². The molecule has 96 valence electrons. The molecule has 0 spiro atoms. The number of carbonyl (C=O) groups is 1. The number of hydrogen-bond donors (Lipinski definition) is 3. The average Bonchev–Trinajstić information content (AvgIpc) is 2.94. The van der Waals surface area contributed by atoms with Crippen LogP contribution in [0.25, 0.3) is 0 Å². The molecule has 2 aromatic rings. The van der Waals surface area contributed by atoms with E-state index in [-0.39, 0.29) is 0 Å². The number of anilines is 1. The fourth-order valence-corrected chi connectivity index (χ4v) is 1.95. The molecule has 8 nitrogen and oxygen atoms in total. The Bertz CT molecular complexity index is 552. The van der Waals surface area contributed by atoms with E-state index < -0.39 is 12.0 Å². The van der Waals surface area contributed by atoms with Crippen molar-refractivity contribution in [3.05, 3.63) is 22.8 Å². The van der Waals surface area contributed by atoms with E-state index in [9.17, 15) is 4.79 Å². The van der Waals surface area contributed by atoms with Gasteiger partial charge < -0.3 is 20.7 Å². The molecule has 0 aromatic carbocycles. The van der Waals surface area contributed by atoms with Crippen molar-refractivity contribution in [3.8, 4) is 0 Å². The number of aryl methyl sites for hydroxylation is 1. The molecular weight excluding hydrogens is 258 g/mol. The second-order valence-corrected chi connectivity index (χ2v) is 4.34. The lowest BCUT2D eigenvalue weighted by Crippen LogP contribution is -2.20. The second-order valence-electron chi connectivity index (χ2n) is 3.48. The zero-order chi connectivity index (χ0) is 13.1. The first kappa shape index (κ1) is 12.5. The van der Waals surface area contributed by atoms with E-state index in [1.807, 2.05) is 0 Å². The Labute approximate surface area is 106 Å². The predicted molar refractivity (Wildman–Crippen MR) is 63.0 cm³/mol. The zero-order valence-corrected chi connectivity index (χ0v) is 10.3. The van der Waals surface area contributed by atoms with Crippen LogP contribution in [0.5, 0.6) is 0 Å². The van der Waals surface area contributed by atoms with Crippen LogP contribution >= 0.6 is 11.3 Å². The largest absolute Gasteiger partial charge is 0.480 e. The lowest BCUT2D eigenvalue weighted by Gasteiger charge is -2.01. The maximum absolute atomic E-state index is 10.7. The standard InChI is InChI=1S/C9H11N5O3S/c1-4-12-6(17-14-4)2-11-9-13-5(3-18-9)7(10)8(15)16/h3,7H,2,10H2,1H3,(H,11,13)(H,15,16). The Morgan fingerprint density at radius 3 is 3.06 bits per heavy atom. The summed E-state index contributed by atoms with van der Waals surface area (Å²) in [5, 5.41) is 17.5. The molecule has 0 aliphatic carbocycles. The van der Waals surface area contributed by atoms with E-state index in [1.54, 1.807) is 12.3 Å². The number of nitrogens with zero attached hydrogens (tertiary/aromatic N) is 3. The number of nitrogens with one attached hydrogen (secondary N) is 1. The minimum absolute atomic E-state index is 0.316.